The first-order valence-corrected chi connectivity index (χ1v) is 4.10. The van der Waals surface area contributed by atoms with E-state index in [0.717, 1.165) is 0 Å². The number of alkyl halides is 2. The Labute approximate surface area is 78.9 Å². The number of hydrogen-bond acceptors (Lipinski definition) is 0. The lowest BCUT2D eigenvalue weighted by atomic mass is 10.2. The standard InChI is InChI=1S/C7H4Cl3F/c8-5-3-1-2-4(6(5)11)7(9)10/h1-3,7H. The Hall–Kier alpha value is 0.0200. The van der Waals surface area contributed by atoms with Crippen molar-refractivity contribution in [2.75, 3.05) is 0 Å². The second-order valence-corrected chi connectivity index (χ2v) is 3.45. The average Bonchev–Trinajstić information content (AvgIpc) is 1.94. The van der Waals surface area contributed by atoms with Crippen molar-refractivity contribution in [3.63, 3.8) is 0 Å². The van der Waals surface area contributed by atoms with Crippen LogP contribution in [0.5, 0.6) is 0 Å². The lowest BCUT2D eigenvalue weighted by Crippen LogP contribution is -1.88. The van der Waals surface area contributed by atoms with Crippen LogP contribution in [0.1, 0.15) is 10.4 Å². The molecule has 0 heterocycles. The van der Waals surface area contributed by atoms with E-state index in [4.69, 9.17) is 34.8 Å². The van der Waals surface area contributed by atoms with Gasteiger partial charge in [-0.2, -0.15) is 0 Å². The molecule has 1 aromatic rings. The molecule has 1 aromatic carbocycles. The fourth-order valence-corrected chi connectivity index (χ4v) is 1.21. The van der Waals surface area contributed by atoms with Crippen molar-refractivity contribution in [3.05, 3.63) is 34.6 Å². The van der Waals surface area contributed by atoms with Crippen LogP contribution in [0.3, 0.4) is 0 Å². The van der Waals surface area contributed by atoms with E-state index < -0.39 is 10.7 Å². The van der Waals surface area contributed by atoms with Crippen LogP contribution in [0.15, 0.2) is 18.2 Å². The van der Waals surface area contributed by atoms with Crippen LogP contribution in [0.2, 0.25) is 5.02 Å². The fraction of sp³-hybridized carbons (Fsp3) is 0.143. The van der Waals surface area contributed by atoms with Gasteiger partial charge in [-0.3, -0.25) is 0 Å². The highest BCUT2D eigenvalue weighted by Gasteiger charge is 2.11. The quantitative estimate of drug-likeness (QED) is 0.620. The van der Waals surface area contributed by atoms with Crippen LogP contribution >= 0.6 is 34.8 Å². The molecular formula is C7H4Cl3F. The van der Waals surface area contributed by atoms with E-state index in [1.165, 1.54) is 12.1 Å². The number of benzene rings is 1. The van der Waals surface area contributed by atoms with E-state index in [1.54, 1.807) is 6.07 Å². The maximum atomic E-state index is 13.0. The molecule has 0 amide bonds. The molecule has 0 aliphatic rings. The third kappa shape index (κ3) is 1.98. The van der Waals surface area contributed by atoms with Crippen molar-refractivity contribution in [2.45, 2.75) is 4.84 Å². The molecule has 0 saturated heterocycles. The molecule has 0 N–H and O–H groups in total. The van der Waals surface area contributed by atoms with Crippen molar-refractivity contribution in [1.29, 1.82) is 0 Å². The summed E-state index contributed by atoms with van der Waals surface area (Å²) >= 11 is 16.4. The van der Waals surface area contributed by atoms with Gasteiger partial charge in [0.2, 0.25) is 0 Å². The maximum Gasteiger partial charge on any atom is 0.147 e. The first kappa shape index (κ1) is 9.11. The molecule has 60 valence electrons. The number of hydrogen-bond donors (Lipinski definition) is 0. The SMILES string of the molecule is Fc1c(Cl)cccc1C(Cl)Cl. The van der Waals surface area contributed by atoms with Crippen LogP contribution in [0, 0.1) is 5.82 Å². The van der Waals surface area contributed by atoms with Crippen LogP contribution in [-0.2, 0) is 0 Å². The summed E-state index contributed by atoms with van der Waals surface area (Å²) in [5, 5.41) is 0.0359. The second-order valence-electron chi connectivity index (χ2n) is 1.94. The van der Waals surface area contributed by atoms with Gasteiger partial charge in [0.15, 0.2) is 0 Å². The Morgan fingerprint density at radius 1 is 1.27 bits per heavy atom. The lowest BCUT2D eigenvalue weighted by Gasteiger charge is -2.03. The summed E-state index contributed by atoms with van der Waals surface area (Å²) in [4.78, 5) is -0.867. The van der Waals surface area contributed by atoms with Crippen molar-refractivity contribution >= 4 is 34.8 Å². The summed E-state index contributed by atoms with van der Waals surface area (Å²) in [5.74, 6) is -0.552. The minimum absolute atomic E-state index is 0.0359. The summed E-state index contributed by atoms with van der Waals surface area (Å²) < 4.78 is 13.0. The van der Waals surface area contributed by atoms with Crippen molar-refractivity contribution in [1.82, 2.24) is 0 Å². The van der Waals surface area contributed by atoms with E-state index >= 15 is 0 Å². The van der Waals surface area contributed by atoms with Crippen LogP contribution < -0.4 is 0 Å². The molecule has 1 rings (SSSR count). The van der Waals surface area contributed by atoms with Gasteiger partial charge in [0.25, 0.3) is 0 Å². The third-order valence-corrected chi connectivity index (χ3v) is 1.98. The highest BCUT2D eigenvalue weighted by Crippen LogP contribution is 2.29. The Balaban J connectivity index is 3.17. The predicted octanol–water partition coefficient (Wildman–Crippen LogP) is 3.96. The number of halogens is 4. The molecule has 0 aliphatic heterocycles. The van der Waals surface area contributed by atoms with Crippen molar-refractivity contribution < 1.29 is 4.39 Å². The lowest BCUT2D eigenvalue weighted by molar-refractivity contribution is 0.616. The Morgan fingerprint density at radius 2 is 1.91 bits per heavy atom. The third-order valence-electron chi connectivity index (χ3n) is 1.22. The zero-order valence-electron chi connectivity index (χ0n) is 5.32. The van der Waals surface area contributed by atoms with Crippen molar-refractivity contribution in [3.8, 4) is 0 Å². The van der Waals surface area contributed by atoms with Gasteiger partial charge in [0.05, 0.1) is 5.02 Å². The molecule has 0 aliphatic carbocycles. The molecule has 0 fully saturated rings. The molecule has 0 aromatic heterocycles. The van der Waals surface area contributed by atoms with Gasteiger partial charge in [-0.15, -0.1) is 0 Å². The fourth-order valence-electron chi connectivity index (χ4n) is 0.689. The molecular weight excluding hydrogens is 209 g/mol. The van der Waals surface area contributed by atoms with Gasteiger partial charge < -0.3 is 0 Å². The van der Waals surface area contributed by atoms with E-state index in [-0.39, 0.29) is 10.6 Å². The molecule has 11 heavy (non-hydrogen) atoms. The van der Waals surface area contributed by atoms with E-state index in [2.05, 4.69) is 0 Å². The minimum Gasteiger partial charge on any atom is -0.205 e. The van der Waals surface area contributed by atoms with Gasteiger partial charge in [0, 0.05) is 5.56 Å². The summed E-state index contributed by atoms with van der Waals surface area (Å²) in [6.45, 7) is 0. The first-order valence-electron chi connectivity index (χ1n) is 2.85. The first-order chi connectivity index (χ1) is 5.13. The van der Waals surface area contributed by atoms with Crippen LogP contribution in [0.4, 0.5) is 4.39 Å². The Morgan fingerprint density at radius 3 is 2.36 bits per heavy atom. The zero-order valence-corrected chi connectivity index (χ0v) is 7.59. The molecule has 4 heteroatoms. The predicted molar refractivity (Wildman–Crippen MR) is 45.9 cm³/mol. The summed E-state index contributed by atoms with van der Waals surface area (Å²) in [6.07, 6.45) is 0. The van der Waals surface area contributed by atoms with E-state index in [1.807, 2.05) is 0 Å². The topological polar surface area (TPSA) is 0 Å². The molecule has 0 spiro atoms. The molecule has 0 bridgehead atoms. The molecule has 0 nitrogen and oxygen atoms in total. The average molecular weight is 213 g/mol. The smallest absolute Gasteiger partial charge is 0.147 e. The number of rotatable bonds is 1. The molecule has 0 atom stereocenters. The monoisotopic (exact) mass is 212 g/mol. The van der Waals surface area contributed by atoms with Gasteiger partial charge in [-0.25, -0.2) is 4.39 Å². The van der Waals surface area contributed by atoms with E-state index in [0.29, 0.717) is 0 Å². The molecule has 0 radical (unpaired) electrons. The van der Waals surface area contributed by atoms with Crippen LogP contribution in [0.25, 0.3) is 0 Å². The van der Waals surface area contributed by atoms with Crippen LogP contribution in [-0.4, -0.2) is 0 Å². The minimum atomic E-state index is -0.867. The normalized spacial score (nSPS) is 10.6. The Kier molecular flexibility index (Phi) is 2.99. The highest BCUT2D eigenvalue weighted by molar-refractivity contribution is 6.44. The highest BCUT2D eigenvalue weighted by atomic mass is 35.5. The van der Waals surface area contributed by atoms with E-state index in [9.17, 15) is 4.39 Å². The summed E-state index contributed by atoms with van der Waals surface area (Å²) in [7, 11) is 0. The zero-order chi connectivity index (χ0) is 8.43. The molecule has 0 unspecified atom stereocenters. The largest absolute Gasteiger partial charge is 0.205 e. The summed E-state index contributed by atoms with van der Waals surface area (Å²) in [5.41, 5.74) is 0.209. The Bertz CT molecular complexity index is 260. The van der Waals surface area contributed by atoms with Gasteiger partial charge in [0.1, 0.15) is 10.7 Å². The molecule has 0 saturated carbocycles. The van der Waals surface area contributed by atoms with Gasteiger partial charge >= 0.3 is 0 Å². The summed E-state index contributed by atoms with van der Waals surface area (Å²) in [6, 6.07) is 4.53. The second kappa shape index (κ2) is 3.61. The van der Waals surface area contributed by atoms with Crippen molar-refractivity contribution in [2.24, 2.45) is 0 Å². The van der Waals surface area contributed by atoms with Gasteiger partial charge in [-0.05, 0) is 6.07 Å². The maximum absolute atomic E-state index is 13.0. The van der Waals surface area contributed by atoms with Gasteiger partial charge in [-0.1, -0.05) is 46.9 Å².